The minimum absolute atomic E-state index is 0.0467. The summed E-state index contributed by atoms with van der Waals surface area (Å²) in [6.45, 7) is 0. The summed E-state index contributed by atoms with van der Waals surface area (Å²) in [5.74, 6) is -1.85. The van der Waals surface area contributed by atoms with E-state index >= 15 is 0 Å². The van der Waals surface area contributed by atoms with Gasteiger partial charge in [0.25, 0.3) is 0 Å². The Balaban J connectivity index is 2.26. The van der Waals surface area contributed by atoms with Crippen molar-refractivity contribution >= 4 is 27.4 Å². The molecule has 0 aliphatic rings. The number of halogens is 1. The molecule has 0 bridgehead atoms. The van der Waals surface area contributed by atoms with Crippen molar-refractivity contribution in [2.75, 3.05) is 5.32 Å². The summed E-state index contributed by atoms with van der Waals surface area (Å²) in [4.78, 5) is 10.4. The van der Waals surface area contributed by atoms with Gasteiger partial charge >= 0.3 is 5.97 Å². The highest BCUT2D eigenvalue weighted by Gasteiger charge is 2.11. The Morgan fingerprint density at radius 1 is 1.14 bits per heavy atom. The van der Waals surface area contributed by atoms with Crippen LogP contribution in [0.15, 0.2) is 47.4 Å². The number of primary sulfonamides is 1. The first-order valence-electron chi connectivity index (χ1n) is 5.70. The Hall–Kier alpha value is -2.45. The lowest BCUT2D eigenvalue weighted by Gasteiger charge is -2.09. The van der Waals surface area contributed by atoms with Crippen molar-refractivity contribution in [2.45, 2.75) is 4.90 Å². The minimum atomic E-state index is -3.96. The van der Waals surface area contributed by atoms with Crippen molar-refractivity contribution in [1.82, 2.24) is 0 Å². The number of benzene rings is 2. The van der Waals surface area contributed by atoms with Gasteiger partial charge in [0.2, 0.25) is 10.0 Å². The van der Waals surface area contributed by atoms with Gasteiger partial charge in [0.05, 0.1) is 16.1 Å². The van der Waals surface area contributed by atoms with E-state index in [9.17, 15) is 17.6 Å². The van der Waals surface area contributed by atoms with Crippen LogP contribution in [-0.2, 0) is 10.0 Å². The van der Waals surface area contributed by atoms with Gasteiger partial charge in [-0.1, -0.05) is 0 Å². The van der Waals surface area contributed by atoms with Crippen LogP contribution in [0.5, 0.6) is 0 Å². The molecular weight excluding hydrogens is 299 g/mol. The third-order valence-corrected chi connectivity index (χ3v) is 3.59. The molecule has 8 heteroatoms. The molecule has 0 atom stereocenters. The summed E-state index contributed by atoms with van der Waals surface area (Å²) >= 11 is 0. The molecule has 21 heavy (non-hydrogen) atoms. The van der Waals surface area contributed by atoms with Crippen LogP contribution in [0.4, 0.5) is 15.8 Å². The number of aromatic carboxylic acids is 1. The minimum Gasteiger partial charge on any atom is -0.478 e. The highest BCUT2D eigenvalue weighted by Crippen LogP contribution is 2.22. The maximum Gasteiger partial charge on any atom is 0.335 e. The number of carbonyl (C=O) groups is 1. The number of carboxylic acids is 1. The monoisotopic (exact) mass is 310 g/mol. The molecular formula is C13H11FN2O4S. The second kappa shape index (κ2) is 5.51. The number of anilines is 2. The van der Waals surface area contributed by atoms with E-state index in [1.54, 1.807) is 0 Å². The van der Waals surface area contributed by atoms with Gasteiger partial charge in [-0.2, -0.15) is 0 Å². The van der Waals surface area contributed by atoms with Crippen LogP contribution in [0, 0.1) is 5.82 Å². The van der Waals surface area contributed by atoms with Crippen molar-refractivity contribution in [3.05, 3.63) is 53.8 Å². The smallest absolute Gasteiger partial charge is 0.335 e. The molecule has 0 amide bonds. The fourth-order valence-corrected chi connectivity index (χ4v) is 2.15. The van der Waals surface area contributed by atoms with Gasteiger partial charge in [-0.3, -0.25) is 0 Å². The van der Waals surface area contributed by atoms with E-state index in [2.05, 4.69) is 5.32 Å². The second-order valence-corrected chi connectivity index (χ2v) is 5.76. The highest BCUT2D eigenvalue weighted by atomic mass is 32.2. The van der Waals surface area contributed by atoms with Gasteiger partial charge < -0.3 is 10.4 Å². The van der Waals surface area contributed by atoms with Crippen LogP contribution in [0.2, 0.25) is 0 Å². The van der Waals surface area contributed by atoms with E-state index in [0.29, 0.717) is 5.69 Å². The van der Waals surface area contributed by atoms with Crippen LogP contribution in [0.1, 0.15) is 10.4 Å². The fraction of sp³-hybridized carbons (Fsp3) is 0. The van der Waals surface area contributed by atoms with Crippen LogP contribution in [0.25, 0.3) is 0 Å². The zero-order valence-corrected chi connectivity index (χ0v) is 11.4. The van der Waals surface area contributed by atoms with Gasteiger partial charge in [-0.05, 0) is 42.5 Å². The third-order valence-electron chi connectivity index (χ3n) is 2.68. The number of sulfonamides is 1. The van der Waals surface area contributed by atoms with E-state index < -0.39 is 21.8 Å². The van der Waals surface area contributed by atoms with Gasteiger partial charge in [0.15, 0.2) is 0 Å². The lowest BCUT2D eigenvalue weighted by atomic mass is 10.2. The molecule has 0 fully saturated rings. The lowest BCUT2D eigenvalue weighted by molar-refractivity contribution is 0.0697. The molecule has 0 unspecified atom stereocenters. The molecule has 4 N–H and O–H groups in total. The first-order chi connectivity index (χ1) is 9.77. The zero-order valence-electron chi connectivity index (χ0n) is 10.6. The number of hydrogen-bond donors (Lipinski definition) is 3. The average molecular weight is 310 g/mol. The molecule has 2 rings (SSSR count). The normalized spacial score (nSPS) is 11.1. The molecule has 2 aromatic carbocycles. The third kappa shape index (κ3) is 3.56. The van der Waals surface area contributed by atoms with Crippen LogP contribution in [-0.4, -0.2) is 19.5 Å². The summed E-state index contributed by atoms with van der Waals surface area (Å²) in [6, 6.07) is 8.88. The largest absolute Gasteiger partial charge is 0.478 e. The van der Waals surface area contributed by atoms with Gasteiger partial charge in [0.1, 0.15) is 5.82 Å². The SMILES string of the molecule is NS(=O)(=O)c1ccc(Nc2ccc(C(=O)O)cc2)c(F)c1. The molecule has 0 aromatic heterocycles. The maximum atomic E-state index is 13.8. The lowest BCUT2D eigenvalue weighted by Crippen LogP contribution is -2.12. The van der Waals surface area contributed by atoms with Crippen molar-refractivity contribution in [3.8, 4) is 0 Å². The summed E-state index contributed by atoms with van der Waals surface area (Å²) < 4.78 is 36.0. The number of nitrogens with one attached hydrogen (secondary N) is 1. The Bertz CT molecular complexity index is 788. The first kappa shape index (κ1) is 14.9. The number of nitrogens with two attached hydrogens (primary N) is 1. The first-order valence-corrected chi connectivity index (χ1v) is 7.25. The zero-order chi connectivity index (χ0) is 15.6. The van der Waals surface area contributed by atoms with Crippen LogP contribution < -0.4 is 10.5 Å². The Morgan fingerprint density at radius 2 is 1.76 bits per heavy atom. The van der Waals surface area contributed by atoms with E-state index in [1.807, 2.05) is 0 Å². The second-order valence-electron chi connectivity index (χ2n) is 4.19. The van der Waals surface area contributed by atoms with E-state index in [0.717, 1.165) is 6.07 Å². The molecule has 110 valence electrons. The number of hydrogen-bond acceptors (Lipinski definition) is 4. The van der Waals surface area contributed by atoms with Gasteiger partial charge in [0, 0.05) is 5.69 Å². The highest BCUT2D eigenvalue weighted by molar-refractivity contribution is 7.89. The van der Waals surface area contributed by atoms with Crippen LogP contribution >= 0.6 is 0 Å². The average Bonchev–Trinajstić information content (AvgIpc) is 2.40. The molecule has 0 spiro atoms. The van der Waals surface area contributed by atoms with E-state index in [4.69, 9.17) is 10.2 Å². The number of rotatable bonds is 4. The molecule has 2 aromatic rings. The van der Waals surface area contributed by atoms with Crippen molar-refractivity contribution < 1.29 is 22.7 Å². The molecule has 0 heterocycles. The van der Waals surface area contributed by atoms with Gasteiger partial charge in [-0.25, -0.2) is 22.7 Å². The Kier molecular flexibility index (Phi) is 3.92. The number of carboxylic acid groups (broad SMARTS) is 1. The van der Waals surface area contributed by atoms with Crippen molar-refractivity contribution in [2.24, 2.45) is 5.14 Å². The molecule has 6 nitrogen and oxygen atoms in total. The summed E-state index contributed by atoms with van der Waals surface area (Å²) in [5.41, 5.74) is 0.610. The molecule has 0 saturated heterocycles. The van der Waals surface area contributed by atoms with Crippen LogP contribution in [0.3, 0.4) is 0 Å². The standard InChI is InChI=1S/C13H11FN2O4S/c14-11-7-10(21(15,19)20)5-6-12(11)16-9-3-1-8(2-4-9)13(17)18/h1-7,16H,(H,17,18)(H2,15,19,20). The fourth-order valence-electron chi connectivity index (χ4n) is 1.63. The molecule has 0 aliphatic carbocycles. The van der Waals surface area contributed by atoms with E-state index in [-0.39, 0.29) is 16.1 Å². The predicted octanol–water partition coefficient (Wildman–Crippen LogP) is 1.91. The maximum absolute atomic E-state index is 13.8. The molecule has 0 radical (unpaired) electrons. The van der Waals surface area contributed by atoms with Crippen molar-refractivity contribution in [3.63, 3.8) is 0 Å². The Morgan fingerprint density at radius 3 is 2.24 bits per heavy atom. The summed E-state index contributed by atoms with van der Waals surface area (Å²) in [7, 11) is -3.96. The molecule has 0 aliphatic heterocycles. The summed E-state index contributed by atoms with van der Waals surface area (Å²) in [6.07, 6.45) is 0. The summed E-state index contributed by atoms with van der Waals surface area (Å²) in [5, 5.41) is 16.4. The van der Waals surface area contributed by atoms with Crippen molar-refractivity contribution in [1.29, 1.82) is 0 Å². The van der Waals surface area contributed by atoms with Gasteiger partial charge in [-0.15, -0.1) is 0 Å². The topological polar surface area (TPSA) is 109 Å². The molecule has 0 saturated carbocycles. The predicted molar refractivity (Wildman–Crippen MR) is 74.5 cm³/mol. The Labute approximate surface area is 120 Å². The quantitative estimate of drug-likeness (QED) is 0.799. The van der Waals surface area contributed by atoms with E-state index in [1.165, 1.54) is 36.4 Å².